The first kappa shape index (κ1) is 28.7. The zero-order chi connectivity index (χ0) is 24.2. The molecule has 5 nitrogen and oxygen atoms in total. The molecule has 1 rings (SSSR count). The number of esters is 2. The SMILES string of the molecule is CCCCCCCCCCC/C=C/c1ccccc1OCCC(C(=O)OCC)C(=O)OCC. The molecule has 1 aromatic rings. The minimum Gasteiger partial charge on any atom is -0.493 e. The first-order chi connectivity index (χ1) is 16.1. The van der Waals surface area contributed by atoms with E-state index in [1.165, 1.54) is 57.8 Å². The first-order valence-electron chi connectivity index (χ1n) is 12.9. The second-order valence-electron chi connectivity index (χ2n) is 8.25. The largest absolute Gasteiger partial charge is 0.493 e. The quantitative estimate of drug-likeness (QED) is 0.125. The maximum absolute atomic E-state index is 12.1. The molecule has 0 saturated carbocycles. The first-order valence-corrected chi connectivity index (χ1v) is 12.9. The van der Waals surface area contributed by atoms with Gasteiger partial charge in [-0.1, -0.05) is 88.6 Å². The van der Waals surface area contributed by atoms with Crippen LogP contribution in [0.2, 0.25) is 0 Å². The third-order valence-electron chi connectivity index (χ3n) is 5.50. The predicted molar refractivity (Wildman–Crippen MR) is 134 cm³/mol. The van der Waals surface area contributed by atoms with Gasteiger partial charge in [0, 0.05) is 12.0 Å². The van der Waals surface area contributed by atoms with E-state index in [1.807, 2.05) is 24.3 Å². The van der Waals surface area contributed by atoms with Crippen molar-refractivity contribution >= 4 is 18.0 Å². The smallest absolute Gasteiger partial charge is 0.320 e. The number of ether oxygens (including phenoxy) is 3. The van der Waals surface area contributed by atoms with Crippen molar-refractivity contribution in [2.75, 3.05) is 19.8 Å². The van der Waals surface area contributed by atoms with Crippen molar-refractivity contribution in [1.29, 1.82) is 0 Å². The lowest BCUT2D eigenvalue weighted by molar-refractivity contribution is -0.162. The Hall–Kier alpha value is -2.30. The summed E-state index contributed by atoms with van der Waals surface area (Å²) in [6, 6.07) is 7.81. The van der Waals surface area contributed by atoms with E-state index >= 15 is 0 Å². The molecule has 186 valence electrons. The summed E-state index contributed by atoms with van der Waals surface area (Å²) in [5.41, 5.74) is 0.997. The van der Waals surface area contributed by atoms with Crippen molar-refractivity contribution in [3.63, 3.8) is 0 Å². The lowest BCUT2D eigenvalue weighted by atomic mass is 10.1. The molecule has 0 saturated heterocycles. The Labute approximate surface area is 200 Å². The van der Waals surface area contributed by atoms with Gasteiger partial charge in [-0.2, -0.15) is 0 Å². The fraction of sp³-hybridized carbons (Fsp3) is 0.643. The van der Waals surface area contributed by atoms with Gasteiger partial charge in [-0.3, -0.25) is 9.59 Å². The van der Waals surface area contributed by atoms with Gasteiger partial charge in [0.1, 0.15) is 5.75 Å². The van der Waals surface area contributed by atoms with Crippen LogP contribution in [0.15, 0.2) is 30.3 Å². The Morgan fingerprint density at radius 1 is 0.818 bits per heavy atom. The van der Waals surface area contributed by atoms with E-state index in [2.05, 4.69) is 19.1 Å². The molecule has 5 heteroatoms. The minimum absolute atomic E-state index is 0.216. The van der Waals surface area contributed by atoms with Crippen molar-refractivity contribution in [3.8, 4) is 5.75 Å². The second-order valence-corrected chi connectivity index (χ2v) is 8.25. The van der Waals surface area contributed by atoms with Crippen LogP contribution in [-0.2, 0) is 19.1 Å². The highest BCUT2D eigenvalue weighted by atomic mass is 16.6. The van der Waals surface area contributed by atoms with Gasteiger partial charge in [-0.15, -0.1) is 0 Å². The van der Waals surface area contributed by atoms with Gasteiger partial charge >= 0.3 is 11.9 Å². The molecule has 1 aromatic carbocycles. The van der Waals surface area contributed by atoms with Crippen molar-refractivity contribution in [3.05, 3.63) is 35.9 Å². The summed E-state index contributed by atoms with van der Waals surface area (Å²) in [7, 11) is 0. The fourth-order valence-electron chi connectivity index (χ4n) is 3.64. The molecule has 0 atom stereocenters. The van der Waals surface area contributed by atoms with Crippen molar-refractivity contribution in [2.45, 2.75) is 91.4 Å². The Bertz CT molecular complexity index is 665. The highest BCUT2D eigenvalue weighted by molar-refractivity contribution is 5.94. The van der Waals surface area contributed by atoms with E-state index in [1.54, 1.807) is 13.8 Å². The average Bonchev–Trinajstić information content (AvgIpc) is 2.81. The number of hydrogen-bond acceptors (Lipinski definition) is 5. The van der Waals surface area contributed by atoms with Gasteiger partial charge in [0.05, 0.1) is 19.8 Å². The van der Waals surface area contributed by atoms with Crippen LogP contribution in [0.1, 0.15) is 97.0 Å². The zero-order valence-corrected chi connectivity index (χ0v) is 21.0. The molecule has 0 aliphatic rings. The molecule has 0 amide bonds. The molecule has 33 heavy (non-hydrogen) atoms. The van der Waals surface area contributed by atoms with E-state index in [4.69, 9.17) is 14.2 Å². The summed E-state index contributed by atoms with van der Waals surface area (Å²) in [6.45, 7) is 6.36. The van der Waals surface area contributed by atoms with Crippen molar-refractivity contribution < 1.29 is 23.8 Å². The van der Waals surface area contributed by atoms with Crippen LogP contribution in [0, 0.1) is 5.92 Å². The third-order valence-corrected chi connectivity index (χ3v) is 5.50. The average molecular weight is 461 g/mol. The standard InChI is InChI=1S/C28H44O5/c1-4-7-8-9-10-11-12-13-14-15-16-19-24-20-17-18-21-26(24)33-23-22-25(27(29)31-5-2)28(30)32-6-3/h16-21,25H,4-15,22-23H2,1-3H3/b19-16+. The summed E-state index contributed by atoms with van der Waals surface area (Å²) in [5.74, 6) is -1.34. The van der Waals surface area contributed by atoms with Crippen molar-refractivity contribution in [1.82, 2.24) is 0 Å². The maximum Gasteiger partial charge on any atom is 0.320 e. The number of para-hydroxylation sites is 1. The molecule has 0 heterocycles. The van der Waals surface area contributed by atoms with Crippen LogP contribution >= 0.6 is 0 Å². The Morgan fingerprint density at radius 2 is 1.39 bits per heavy atom. The van der Waals surface area contributed by atoms with Crippen LogP contribution in [0.25, 0.3) is 6.08 Å². The van der Waals surface area contributed by atoms with Crippen LogP contribution in [-0.4, -0.2) is 31.8 Å². The highest BCUT2D eigenvalue weighted by Gasteiger charge is 2.29. The molecule has 0 aliphatic carbocycles. The molecule has 0 bridgehead atoms. The summed E-state index contributed by atoms with van der Waals surface area (Å²) >= 11 is 0. The molecule has 0 aliphatic heterocycles. The topological polar surface area (TPSA) is 61.8 Å². The van der Waals surface area contributed by atoms with Crippen LogP contribution in [0.3, 0.4) is 0 Å². The Morgan fingerprint density at radius 3 is 2.00 bits per heavy atom. The molecule has 0 unspecified atom stereocenters. The third kappa shape index (κ3) is 13.1. The summed E-state index contributed by atoms with van der Waals surface area (Å²) in [6.07, 6.45) is 17.5. The summed E-state index contributed by atoms with van der Waals surface area (Å²) in [4.78, 5) is 24.2. The second kappa shape index (κ2) is 19.2. The lowest BCUT2D eigenvalue weighted by Gasteiger charge is -2.15. The minimum atomic E-state index is -0.959. The van der Waals surface area contributed by atoms with Crippen LogP contribution in [0.5, 0.6) is 5.75 Å². The normalized spacial score (nSPS) is 11.2. The van der Waals surface area contributed by atoms with Crippen LogP contribution < -0.4 is 4.74 Å². The Kier molecular flexibility index (Phi) is 16.7. The number of allylic oxidation sites excluding steroid dienone is 1. The lowest BCUT2D eigenvalue weighted by Crippen LogP contribution is -2.29. The molecule has 0 aromatic heterocycles. The zero-order valence-electron chi connectivity index (χ0n) is 21.0. The van der Waals surface area contributed by atoms with E-state index in [-0.39, 0.29) is 26.2 Å². The number of rotatable bonds is 19. The maximum atomic E-state index is 12.1. The van der Waals surface area contributed by atoms with Gasteiger partial charge < -0.3 is 14.2 Å². The van der Waals surface area contributed by atoms with Gasteiger partial charge in [-0.25, -0.2) is 0 Å². The van der Waals surface area contributed by atoms with Gasteiger partial charge in [0.25, 0.3) is 0 Å². The predicted octanol–water partition coefficient (Wildman–Crippen LogP) is 7.13. The number of carbonyl (C=O) groups is 2. The molecule has 0 radical (unpaired) electrons. The van der Waals surface area contributed by atoms with E-state index in [9.17, 15) is 9.59 Å². The van der Waals surface area contributed by atoms with Gasteiger partial charge in [-0.05, 0) is 32.8 Å². The summed E-state index contributed by atoms with van der Waals surface area (Å²) in [5, 5.41) is 0. The Balaban J connectivity index is 2.41. The highest BCUT2D eigenvalue weighted by Crippen LogP contribution is 2.21. The van der Waals surface area contributed by atoms with Crippen molar-refractivity contribution in [2.24, 2.45) is 5.92 Å². The van der Waals surface area contributed by atoms with Gasteiger partial charge in [0.2, 0.25) is 0 Å². The summed E-state index contributed by atoms with van der Waals surface area (Å²) < 4.78 is 15.9. The molecular weight excluding hydrogens is 416 g/mol. The number of unbranched alkanes of at least 4 members (excludes halogenated alkanes) is 9. The fourth-order valence-corrected chi connectivity index (χ4v) is 3.64. The monoisotopic (exact) mass is 460 g/mol. The van der Waals surface area contributed by atoms with E-state index in [0.29, 0.717) is 0 Å². The number of benzene rings is 1. The number of carbonyl (C=O) groups excluding carboxylic acids is 2. The van der Waals surface area contributed by atoms with E-state index < -0.39 is 17.9 Å². The van der Waals surface area contributed by atoms with E-state index in [0.717, 1.165) is 17.7 Å². The van der Waals surface area contributed by atoms with Crippen LogP contribution in [0.4, 0.5) is 0 Å². The number of hydrogen-bond donors (Lipinski definition) is 0. The molecule has 0 N–H and O–H groups in total. The molecular formula is C28H44O5. The molecule has 0 fully saturated rings. The van der Waals surface area contributed by atoms with Gasteiger partial charge in [0.15, 0.2) is 5.92 Å². The molecule has 0 spiro atoms.